The molecule has 3 aromatic rings. The van der Waals surface area contributed by atoms with Gasteiger partial charge >= 0.3 is 8.25 Å². The van der Waals surface area contributed by atoms with Crippen LogP contribution in [0.4, 0.5) is 4.39 Å². The first-order valence-corrected chi connectivity index (χ1v) is 11.6. The molecule has 0 spiro atoms. The average molecular weight is 468 g/mol. The molecule has 13 heteroatoms. The number of halogens is 1. The number of nitrogens with one attached hydrogen (secondary N) is 1. The summed E-state index contributed by atoms with van der Waals surface area (Å²) < 4.78 is 53.1. The number of hydrogen-bond acceptors (Lipinski definition) is 6. The van der Waals surface area contributed by atoms with Gasteiger partial charge in [-0.25, -0.2) is 22.6 Å². The Balaban J connectivity index is 2.03. The standard InChI is InChI=1S/C18H18FN4O6PS/c1-11(29-30(25)26)21-18(24)16-10-17(12-2-4-13(19)5-3-12)23(22-16)14-6-8-15(9-7-14)31(20,27)28/h2-11,30H,1H3,(H,21,24)(H,25,26)(H2,20,27,28). The van der Waals surface area contributed by atoms with Gasteiger partial charge in [-0.1, -0.05) is 0 Å². The van der Waals surface area contributed by atoms with Gasteiger partial charge < -0.3 is 10.2 Å². The highest BCUT2D eigenvalue weighted by Crippen LogP contribution is 2.25. The third-order valence-electron chi connectivity index (χ3n) is 4.10. The number of carbonyl (C=O) groups excluding carboxylic acids is 1. The molecule has 0 aliphatic carbocycles. The number of rotatable bonds is 7. The molecule has 0 aliphatic heterocycles. The van der Waals surface area contributed by atoms with Crippen LogP contribution in [0.2, 0.25) is 0 Å². The van der Waals surface area contributed by atoms with E-state index in [4.69, 9.17) is 10.0 Å². The van der Waals surface area contributed by atoms with Crippen LogP contribution in [0.5, 0.6) is 0 Å². The Bertz CT molecular complexity index is 1230. The van der Waals surface area contributed by atoms with Gasteiger partial charge in [0.25, 0.3) is 5.91 Å². The van der Waals surface area contributed by atoms with Crippen molar-refractivity contribution in [3.8, 4) is 16.9 Å². The SMILES string of the molecule is CC(NC(=O)c1cc(-c2ccc(F)cc2)n(-c2ccc(S(N)(=O)=O)cc2)n1)O[PH](=O)O. The molecule has 0 saturated heterocycles. The van der Waals surface area contributed by atoms with E-state index in [9.17, 15) is 22.2 Å². The molecule has 2 aromatic carbocycles. The molecule has 2 unspecified atom stereocenters. The zero-order chi connectivity index (χ0) is 22.8. The van der Waals surface area contributed by atoms with Crippen LogP contribution in [0.1, 0.15) is 17.4 Å². The van der Waals surface area contributed by atoms with Gasteiger partial charge in [-0.2, -0.15) is 5.10 Å². The van der Waals surface area contributed by atoms with E-state index < -0.39 is 36.2 Å². The van der Waals surface area contributed by atoms with Gasteiger partial charge in [0.1, 0.15) is 12.0 Å². The molecule has 3 rings (SSSR count). The first kappa shape index (κ1) is 22.8. The van der Waals surface area contributed by atoms with Crippen molar-refractivity contribution in [2.45, 2.75) is 18.0 Å². The van der Waals surface area contributed by atoms with Crippen LogP contribution in [-0.4, -0.2) is 35.2 Å². The Morgan fingerprint density at radius 3 is 2.39 bits per heavy atom. The smallest absolute Gasteiger partial charge is 0.318 e. The fourth-order valence-corrected chi connectivity index (χ4v) is 3.61. The average Bonchev–Trinajstić information content (AvgIpc) is 3.13. The van der Waals surface area contributed by atoms with Crippen molar-refractivity contribution in [3.63, 3.8) is 0 Å². The van der Waals surface area contributed by atoms with Crippen LogP contribution in [0.15, 0.2) is 59.5 Å². The molecule has 1 aromatic heterocycles. The van der Waals surface area contributed by atoms with Crippen LogP contribution in [0.3, 0.4) is 0 Å². The van der Waals surface area contributed by atoms with Gasteiger partial charge in [0, 0.05) is 5.56 Å². The Morgan fingerprint density at radius 1 is 1.23 bits per heavy atom. The monoisotopic (exact) mass is 468 g/mol. The van der Waals surface area contributed by atoms with Gasteiger partial charge in [0.15, 0.2) is 5.69 Å². The summed E-state index contributed by atoms with van der Waals surface area (Å²) >= 11 is 0. The maximum absolute atomic E-state index is 13.4. The minimum absolute atomic E-state index is 0.0529. The first-order chi connectivity index (χ1) is 14.5. The second-order valence-corrected chi connectivity index (χ2v) is 8.70. The molecule has 0 saturated carbocycles. The number of nitrogens with zero attached hydrogens (tertiary/aromatic N) is 2. The van der Waals surface area contributed by atoms with E-state index in [1.165, 1.54) is 66.2 Å². The van der Waals surface area contributed by atoms with Crippen molar-refractivity contribution in [1.29, 1.82) is 0 Å². The Hall–Kier alpha value is -2.89. The molecule has 4 N–H and O–H groups in total. The van der Waals surface area contributed by atoms with Crippen LogP contribution in [0, 0.1) is 5.82 Å². The predicted molar refractivity (Wildman–Crippen MR) is 110 cm³/mol. The minimum atomic E-state index is -3.89. The van der Waals surface area contributed by atoms with E-state index >= 15 is 0 Å². The summed E-state index contributed by atoms with van der Waals surface area (Å²) in [6.07, 6.45) is -1.04. The van der Waals surface area contributed by atoms with Gasteiger partial charge in [-0.3, -0.25) is 13.9 Å². The zero-order valence-electron chi connectivity index (χ0n) is 16.0. The summed E-state index contributed by atoms with van der Waals surface area (Å²) in [5.41, 5.74) is 1.31. The quantitative estimate of drug-likeness (QED) is 0.353. The summed E-state index contributed by atoms with van der Waals surface area (Å²) in [5.74, 6) is -1.13. The lowest BCUT2D eigenvalue weighted by Crippen LogP contribution is -2.33. The van der Waals surface area contributed by atoms with E-state index in [1.807, 2.05) is 0 Å². The minimum Gasteiger partial charge on any atom is -0.326 e. The van der Waals surface area contributed by atoms with Crippen LogP contribution in [0.25, 0.3) is 16.9 Å². The lowest BCUT2D eigenvalue weighted by molar-refractivity contribution is 0.0843. The topological polar surface area (TPSA) is 154 Å². The van der Waals surface area contributed by atoms with Gasteiger partial charge in [0.05, 0.1) is 16.3 Å². The van der Waals surface area contributed by atoms with E-state index in [2.05, 4.69) is 14.9 Å². The summed E-state index contributed by atoms with van der Waals surface area (Å²) in [6.45, 7) is 1.38. The van der Waals surface area contributed by atoms with Crippen molar-refractivity contribution in [1.82, 2.24) is 15.1 Å². The highest BCUT2D eigenvalue weighted by Gasteiger charge is 2.19. The lowest BCUT2D eigenvalue weighted by Gasteiger charge is -2.11. The number of benzene rings is 2. The molecule has 10 nitrogen and oxygen atoms in total. The van der Waals surface area contributed by atoms with Gasteiger partial charge in [-0.15, -0.1) is 0 Å². The molecule has 0 aliphatic rings. The molecule has 0 fully saturated rings. The zero-order valence-corrected chi connectivity index (χ0v) is 17.8. The number of hydrogen-bond donors (Lipinski definition) is 3. The van der Waals surface area contributed by atoms with Gasteiger partial charge in [0.2, 0.25) is 10.0 Å². The molecular formula is C18H18FN4O6PS. The molecule has 164 valence electrons. The van der Waals surface area contributed by atoms with E-state index in [1.54, 1.807) is 0 Å². The summed E-state index contributed by atoms with van der Waals surface area (Å²) in [6, 6.07) is 12.4. The number of primary sulfonamides is 1. The third kappa shape index (κ3) is 5.63. The van der Waals surface area contributed by atoms with Crippen molar-refractivity contribution in [3.05, 3.63) is 66.1 Å². The molecule has 1 heterocycles. The van der Waals surface area contributed by atoms with E-state index in [0.717, 1.165) is 0 Å². The van der Waals surface area contributed by atoms with Crippen molar-refractivity contribution in [2.75, 3.05) is 0 Å². The van der Waals surface area contributed by atoms with Crippen LogP contribution < -0.4 is 10.5 Å². The van der Waals surface area contributed by atoms with Crippen molar-refractivity contribution >= 4 is 24.2 Å². The van der Waals surface area contributed by atoms with Crippen molar-refractivity contribution in [2.24, 2.45) is 5.14 Å². The van der Waals surface area contributed by atoms with Crippen molar-refractivity contribution < 1.29 is 31.6 Å². The van der Waals surface area contributed by atoms with Crippen LogP contribution in [-0.2, 0) is 19.1 Å². The normalized spacial score (nSPS) is 13.5. The lowest BCUT2D eigenvalue weighted by atomic mass is 10.1. The third-order valence-corrected chi connectivity index (χ3v) is 5.59. The fraction of sp³-hybridized carbons (Fsp3) is 0.111. The number of aromatic nitrogens is 2. The maximum Gasteiger partial charge on any atom is 0.318 e. The number of nitrogens with two attached hydrogens (primary N) is 1. The van der Waals surface area contributed by atoms with Crippen LogP contribution >= 0.6 is 8.25 Å². The molecule has 1 amide bonds. The van der Waals surface area contributed by atoms with E-state index in [0.29, 0.717) is 16.9 Å². The Kier molecular flexibility index (Phi) is 6.68. The number of carbonyl (C=O) groups is 1. The highest BCUT2D eigenvalue weighted by atomic mass is 32.2. The number of sulfonamides is 1. The summed E-state index contributed by atoms with van der Waals surface area (Å²) in [7, 11) is -7.15. The summed E-state index contributed by atoms with van der Waals surface area (Å²) in [5, 5.41) is 11.7. The van der Waals surface area contributed by atoms with E-state index in [-0.39, 0.29) is 10.6 Å². The number of amides is 1. The largest absolute Gasteiger partial charge is 0.326 e. The molecule has 2 atom stereocenters. The maximum atomic E-state index is 13.4. The highest BCUT2D eigenvalue weighted by molar-refractivity contribution is 7.89. The second kappa shape index (κ2) is 9.08. The molecule has 0 bridgehead atoms. The summed E-state index contributed by atoms with van der Waals surface area (Å²) in [4.78, 5) is 21.2. The fourth-order valence-electron chi connectivity index (χ4n) is 2.73. The molecular weight excluding hydrogens is 450 g/mol. The Morgan fingerprint density at radius 2 is 1.84 bits per heavy atom. The Labute approximate surface area is 177 Å². The van der Waals surface area contributed by atoms with Gasteiger partial charge in [-0.05, 0) is 61.5 Å². The second-order valence-electron chi connectivity index (χ2n) is 6.37. The first-order valence-electron chi connectivity index (χ1n) is 8.74. The molecule has 31 heavy (non-hydrogen) atoms. The predicted octanol–water partition coefficient (Wildman–Crippen LogP) is 1.80. The molecule has 0 radical (unpaired) electrons.